The molecule has 1 rings (SSSR count). The number of hydrogen-bond acceptors (Lipinski definition) is 3. The molecule has 0 aromatic heterocycles. The molecule has 0 saturated heterocycles. The van der Waals surface area contributed by atoms with Crippen molar-refractivity contribution in [3.05, 3.63) is 29.6 Å². The average Bonchev–Trinajstić information content (AvgIpc) is 2.25. The average molecular weight is 226 g/mol. The number of methoxy groups -OCH3 is 1. The number of ketones is 1. The number of carbonyl (C=O) groups excluding carboxylic acids is 2. The van der Waals surface area contributed by atoms with Crippen LogP contribution in [0.2, 0.25) is 0 Å². The standard InChI is InChI=1S/C11H11FO3.CH4/c1-15-11-5-4-8(7-9(11)12)10(14)3-2-6-13;/h4-7H,2-3H2,1H3;1H4. The molecule has 16 heavy (non-hydrogen) atoms. The lowest BCUT2D eigenvalue weighted by molar-refractivity contribution is -0.107. The first-order valence-electron chi connectivity index (χ1n) is 4.49. The summed E-state index contributed by atoms with van der Waals surface area (Å²) in [6, 6.07) is 3.99. The second-order valence-corrected chi connectivity index (χ2v) is 2.98. The fourth-order valence-corrected chi connectivity index (χ4v) is 1.17. The molecule has 88 valence electrons. The Morgan fingerprint density at radius 1 is 1.50 bits per heavy atom. The van der Waals surface area contributed by atoms with Gasteiger partial charge >= 0.3 is 0 Å². The van der Waals surface area contributed by atoms with E-state index in [4.69, 9.17) is 4.74 Å². The smallest absolute Gasteiger partial charge is 0.165 e. The van der Waals surface area contributed by atoms with Gasteiger partial charge in [-0.1, -0.05) is 7.43 Å². The van der Waals surface area contributed by atoms with E-state index in [0.29, 0.717) is 6.29 Å². The van der Waals surface area contributed by atoms with Gasteiger partial charge in [-0.05, 0) is 18.2 Å². The van der Waals surface area contributed by atoms with Gasteiger partial charge in [-0.3, -0.25) is 4.79 Å². The van der Waals surface area contributed by atoms with E-state index in [9.17, 15) is 14.0 Å². The van der Waals surface area contributed by atoms with Crippen LogP contribution in [0.25, 0.3) is 0 Å². The molecule has 0 unspecified atom stereocenters. The number of benzene rings is 1. The lowest BCUT2D eigenvalue weighted by Crippen LogP contribution is -2.00. The van der Waals surface area contributed by atoms with E-state index < -0.39 is 5.82 Å². The predicted molar refractivity (Wildman–Crippen MR) is 59.3 cm³/mol. The third-order valence-corrected chi connectivity index (χ3v) is 1.96. The molecule has 0 N–H and O–H groups in total. The van der Waals surface area contributed by atoms with Crippen LogP contribution in [0.5, 0.6) is 5.75 Å². The summed E-state index contributed by atoms with van der Waals surface area (Å²) >= 11 is 0. The first-order valence-corrected chi connectivity index (χ1v) is 4.49. The molecule has 0 fully saturated rings. The maximum Gasteiger partial charge on any atom is 0.165 e. The molecule has 0 aliphatic rings. The fraction of sp³-hybridized carbons (Fsp3) is 0.333. The maximum atomic E-state index is 13.2. The Balaban J connectivity index is 0.00000225. The van der Waals surface area contributed by atoms with Crippen LogP contribution in [0.1, 0.15) is 30.6 Å². The SMILES string of the molecule is C.COc1ccc(C(=O)CCC=O)cc1F. The lowest BCUT2D eigenvalue weighted by Gasteiger charge is -2.03. The normalized spacial score (nSPS) is 9.12. The van der Waals surface area contributed by atoms with Gasteiger partial charge in [0.25, 0.3) is 0 Å². The Morgan fingerprint density at radius 2 is 2.19 bits per heavy atom. The highest BCUT2D eigenvalue weighted by Crippen LogP contribution is 2.18. The first kappa shape index (κ1) is 14.3. The van der Waals surface area contributed by atoms with Crippen molar-refractivity contribution in [3.63, 3.8) is 0 Å². The van der Waals surface area contributed by atoms with E-state index in [2.05, 4.69) is 0 Å². The zero-order valence-electron chi connectivity index (χ0n) is 8.33. The monoisotopic (exact) mass is 226 g/mol. The van der Waals surface area contributed by atoms with Gasteiger partial charge < -0.3 is 9.53 Å². The summed E-state index contributed by atoms with van der Waals surface area (Å²) in [4.78, 5) is 21.5. The molecule has 0 aliphatic carbocycles. The summed E-state index contributed by atoms with van der Waals surface area (Å²) in [6.45, 7) is 0. The number of carbonyl (C=O) groups is 2. The number of ether oxygens (including phenoxy) is 1. The number of aldehydes is 1. The van der Waals surface area contributed by atoms with Crippen molar-refractivity contribution in [3.8, 4) is 5.75 Å². The van der Waals surface area contributed by atoms with Gasteiger partial charge in [-0.25, -0.2) is 4.39 Å². The second kappa shape index (κ2) is 6.71. The molecule has 0 saturated carbocycles. The van der Waals surface area contributed by atoms with Gasteiger partial charge in [0.15, 0.2) is 17.3 Å². The van der Waals surface area contributed by atoms with Crippen molar-refractivity contribution in [2.45, 2.75) is 20.3 Å². The third-order valence-electron chi connectivity index (χ3n) is 1.96. The van der Waals surface area contributed by atoms with Crippen LogP contribution in [0.4, 0.5) is 4.39 Å². The Morgan fingerprint density at radius 3 is 2.69 bits per heavy atom. The van der Waals surface area contributed by atoms with Gasteiger partial charge in [0.05, 0.1) is 7.11 Å². The van der Waals surface area contributed by atoms with Crippen molar-refractivity contribution >= 4 is 12.1 Å². The number of halogens is 1. The van der Waals surface area contributed by atoms with Crippen molar-refractivity contribution < 1.29 is 18.7 Å². The van der Waals surface area contributed by atoms with Crippen LogP contribution in [-0.2, 0) is 4.79 Å². The molecule has 0 radical (unpaired) electrons. The van der Waals surface area contributed by atoms with E-state index >= 15 is 0 Å². The zero-order valence-corrected chi connectivity index (χ0v) is 8.33. The Kier molecular flexibility index (Phi) is 6.00. The minimum absolute atomic E-state index is 0. The number of rotatable bonds is 5. The topological polar surface area (TPSA) is 43.4 Å². The minimum Gasteiger partial charge on any atom is -0.494 e. The van der Waals surface area contributed by atoms with Crippen LogP contribution < -0.4 is 4.74 Å². The van der Waals surface area contributed by atoms with Gasteiger partial charge in [-0.15, -0.1) is 0 Å². The van der Waals surface area contributed by atoms with Crippen molar-refractivity contribution in [1.29, 1.82) is 0 Å². The molecule has 0 aliphatic heterocycles. The number of hydrogen-bond donors (Lipinski definition) is 0. The summed E-state index contributed by atoms with van der Waals surface area (Å²) in [6.07, 6.45) is 0.930. The molecule has 0 amide bonds. The van der Waals surface area contributed by atoms with Crippen LogP contribution in [0.15, 0.2) is 18.2 Å². The fourth-order valence-electron chi connectivity index (χ4n) is 1.17. The molecule has 3 nitrogen and oxygen atoms in total. The van der Waals surface area contributed by atoms with E-state index in [1.54, 1.807) is 0 Å². The summed E-state index contributed by atoms with van der Waals surface area (Å²) in [5.74, 6) is -0.722. The maximum absolute atomic E-state index is 13.2. The summed E-state index contributed by atoms with van der Waals surface area (Å²) in [7, 11) is 1.35. The van der Waals surface area contributed by atoms with E-state index in [0.717, 1.165) is 6.07 Å². The van der Waals surface area contributed by atoms with Crippen LogP contribution in [0.3, 0.4) is 0 Å². The largest absolute Gasteiger partial charge is 0.494 e. The molecule has 1 aromatic rings. The van der Waals surface area contributed by atoms with Crippen molar-refractivity contribution in [2.24, 2.45) is 0 Å². The molecule has 0 spiro atoms. The van der Waals surface area contributed by atoms with E-state index in [1.807, 2.05) is 0 Å². The van der Waals surface area contributed by atoms with Gasteiger partial charge in [0, 0.05) is 18.4 Å². The Hall–Kier alpha value is -1.71. The highest BCUT2D eigenvalue weighted by molar-refractivity contribution is 5.97. The third kappa shape index (κ3) is 3.46. The molecule has 0 atom stereocenters. The highest BCUT2D eigenvalue weighted by atomic mass is 19.1. The Bertz CT molecular complexity index is 375. The molecule has 0 heterocycles. The van der Waals surface area contributed by atoms with E-state index in [1.165, 1.54) is 19.2 Å². The molecular formula is C12H15FO3. The minimum atomic E-state index is -0.575. The van der Waals surface area contributed by atoms with Gasteiger partial charge in [0.2, 0.25) is 0 Å². The summed E-state index contributed by atoms with van der Waals surface area (Å²) in [5.41, 5.74) is 0.259. The summed E-state index contributed by atoms with van der Waals surface area (Å²) < 4.78 is 17.9. The van der Waals surface area contributed by atoms with Crippen LogP contribution in [0, 0.1) is 5.82 Å². The Labute approximate surface area is 94.2 Å². The zero-order chi connectivity index (χ0) is 11.3. The highest BCUT2D eigenvalue weighted by Gasteiger charge is 2.09. The van der Waals surface area contributed by atoms with Crippen LogP contribution >= 0.6 is 0 Å². The first-order chi connectivity index (χ1) is 7.19. The van der Waals surface area contributed by atoms with E-state index in [-0.39, 0.29) is 37.4 Å². The second-order valence-electron chi connectivity index (χ2n) is 2.98. The van der Waals surface area contributed by atoms with Crippen molar-refractivity contribution in [2.75, 3.05) is 7.11 Å². The quantitative estimate of drug-likeness (QED) is 0.572. The number of Topliss-reactive ketones (excluding diaryl/α,β-unsaturated/α-hetero) is 1. The lowest BCUT2D eigenvalue weighted by atomic mass is 10.1. The molecule has 4 heteroatoms. The molecular weight excluding hydrogens is 211 g/mol. The predicted octanol–water partition coefficient (Wildman–Crippen LogP) is 2.63. The molecule has 0 bridgehead atoms. The van der Waals surface area contributed by atoms with Gasteiger partial charge in [-0.2, -0.15) is 0 Å². The van der Waals surface area contributed by atoms with Crippen LogP contribution in [-0.4, -0.2) is 19.2 Å². The molecule has 1 aromatic carbocycles. The van der Waals surface area contributed by atoms with Gasteiger partial charge in [0.1, 0.15) is 6.29 Å². The van der Waals surface area contributed by atoms with Crippen molar-refractivity contribution in [1.82, 2.24) is 0 Å². The summed E-state index contributed by atoms with van der Waals surface area (Å²) in [5, 5.41) is 0.